The molecule has 1 fully saturated rings. The predicted octanol–water partition coefficient (Wildman–Crippen LogP) is -0.448. The van der Waals surface area contributed by atoms with Crippen LogP contribution >= 0.6 is 0 Å². The van der Waals surface area contributed by atoms with E-state index in [1.54, 1.807) is 31.3 Å². The summed E-state index contributed by atoms with van der Waals surface area (Å²) in [5, 5.41) is 5.28. The lowest BCUT2D eigenvalue weighted by molar-refractivity contribution is -0.128. The van der Waals surface area contributed by atoms with E-state index in [1.165, 1.54) is 4.90 Å². The van der Waals surface area contributed by atoms with Crippen LogP contribution in [0.15, 0.2) is 24.3 Å². The van der Waals surface area contributed by atoms with Gasteiger partial charge in [-0.1, -0.05) is 0 Å². The molecule has 1 saturated heterocycles. The summed E-state index contributed by atoms with van der Waals surface area (Å²) in [6, 6.07) is 6.68. The standard InChI is InChI=1S/C13H15N3O3/c1-14-6-11(17)9-2-4-10(5-3-9)16-8-12(18)15-7-13(16)19/h2-5,14H,6-8H2,1H3,(H,15,18). The van der Waals surface area contributed by atoms with Crippen molar-refractivity contribution in [2.45, 2.75) is 0 Å². The first kappa shape index (κ1) is 13.2. The molecule has 0 unspecified atom stereocenters. The third-order valence-corrected chi connectivity index (χ3v) is 2.88. The Kier molecular flexibility index (Phi) is 3.91. The summed E-state index contributed by atoms with van der Waals surface area (Å²) < 4.78 is 0. The molecule has 100 valence electrons. The van der Waals surface area contributed by atoms with Gasteiger partial charge in [0.1, 0.15) is 6.54 Å². The number of benzene rings is 1. The highest BCUT2D eigenvalue weighted by molar-refractivity contribution is 6.05. The van der Waals surface area contributed by atoms with E-state index in [2.05, 4.69) is 10.6 Å². The number of carbonyl (C=O) groups excluding carboxylic acids is 3. The molecule has 0 bridgehead atoms. The van der Waals surface area contributed by atoms with Crippen LogP contribution in [0.3, 0.4) is 0 Å². The molecule has 1 aliphatic heterocycles. The highest BCUT2D eigenvalue weighted by Crippen LogP contribution is 2.16. The second kappa shape index (κ2) is 5.62. The number of amides is 2. The number of nitrogens with zero attached hydrogens (tertiary/aromatic N) is 1. The summed E-state index contributed by atoms with van der Waals surface area (Å²) in [5.74, 6) is -0.361. The largest absolute Gasteiger partial charge is 0.345 e. The van der Waals surface area contributed by atoms with E-state index >= 15 is 0 Å². The van der Waals surface area contributed by atoms with Crippen LogP contribution in [0.2, 0.25) is 0 Å². The Morgan fingerprint density at radius 3 is 2.63 bits per heavy atom. The lowest BCUT2D eigenvalue weighted by Gasteiger charge is -2.26. The SMILES string of the molecule is CNCC(=O)c1ccc(N2CC(=O)NCC2=O)cc1. The van der Waals surface area contributed by atoms with Crippen molar-refractivity contribution < 1.29 is 14.4 Å². The number of likely N-dealkylation sites (N-methyl/N-ethyl adjacent to an activating group) is 1. The number of carbonyl (C=O) groups is 3. The molecule has 0 atom stereocenters. The molecule has 2 N–H and O–H groups in total. The van der Waals surface area contributed by atoms with Gasteiger partial charge in [0.2, 0.25) is 11.8 Å². The summed E-state index contributed by atoms with van der Waals surface area (Å²) in [5.41, 5.74) is 1.20. The number of rotatable bonds is 4. The second-order valence-electron chi connectivity index (χ2n) is 4.26. The number of ketones is 1. The van der Waals surface area contributed by atoms with Crippen LogP contribution in [-0.2, 0) is 9.59 Å². The highest BCUT2D eigenvalue weighted by atomic mass is 16.2. The normalized spacial score (nSPS) is 15.3. The molecule has 1 aromatic carbocycles. The van der Waals surface area contributed by atoms with E-state index in [0.717, 1.165) is 0 Å². The van der Waals surface area contributed by atoms with Gasteiger partial charge in [-0.15, -0.1) is 0 Å². The van der Waals surface area contributed by atoms with Crippen LogP contribution in [-0.4, -0.2) is 44.3 Å². The lowest BCUT2D eigenvalue weighted by Crippen LogP contribution is -2.51. The molecule has 2 rings (SSSR count). The lowest BCUT2D eigenvalue weighted by atomic mass is 10.1. The second-order valence-corrected chi connectivity index (χ2v) is 4.26. The van der Waals surface area contributed by atoms with Crippen molar-refractivity contribution in [2.24, 2.45) is 0 Å². The van der Waals surface area contributed by atoms with Gasteiger partial charge >= 0.3 is 0 Å². The monoisotopic (exact) mass is 261 g/mol. The third-order valence-electron chi connectivity index (χ3n) is 2.88. The zero-order chi connectivity index (χ0) is 13.8. The molecule has 0 spiro atoms. The Morgan fingerprint density at radius 2 is 2.00 bits per heavy atom. The molecule has 2 amide bonds. The molecular weight excluding hydrogens is 246 g/mol. The van der Waals surface area contributed by atoms with Crippen molar-refractivity contribution in [1.82, 2.24) is 10.6 Å². The van der Waals surface area contributed by atoms with Gasteiger partial charge in [0.25, 0.3) is 0 Å². The number of Topliss-reactive ketones (excluding diaryl/α,β-unsaturated/α-hetero) is 1. The average Bonchev–Trinajstić information content (AvgIpc) is 2.42. The van der Waals surface area contributed by atoms with Gasteiger partial charge in [0.15, 0.2) is 5.78 Å². The molecule has 0 aliphatic carbocycles. The summed E-state index contributed by atoms with van der Waals surface area (Å²) in [4.78, 5) is 36.0. The first-order chi connectivity index (χ1) is 9.11. The van der Waals surface area contributed by atoms with E-state index in [1.807, 2.05) is 0 Å². The fourth-order valence-corrected chi connectivity index (χ4v) is 1.88. The van der Waals surface area contributed by atoms with Crippen LogP contribution in [0.1, 0.15) is 10.4 Å². The van der Waals surface area contributed by atoms with Gasteiger partial charge in [0, 0.05) is 11.3 Å². The van der Waals surface area contributed by atoms with Gasteiger partial charge in [-0.25, -0.2) is 0 Å². The Balaban J connectivity index is 2.15. The fraction of sp³-hybridized carbons (Fsp3) is 0.308. The molecular formula is C13H15N3O3. The van der Waals surface area contributed by atoms with E-state index in [-0.39, 0.29) is 37.2 Å². The molecule has 0 saturated carbocycles. The Labute approximate surface area is 110 Å². The van der Waals surface area contributed by atoms with Crippen LogP contribution in [0.5, 0.6) is 0 Å². The Morgan fingerprint density at radius 1 is 1.32 bits per heavy atom. The van der Waals surface area contributed by atoms with E-state index < -0.39 is 0 Å². The Bertz CT molecular complexity index is 510. The predicted molar refractivity (Wildman–Crippen MR) is 70.1 cm³/mol. The average molecular weight is 261 g/mol. The van der Waals surface area contributed by atoms with E-state index in [9.17, 15) is 14.4 Å². The quantitative estimate of drug-likeness (QED) is 0.720. The molecule has 1 heterocycles. The topological polar surface area (TPSA) is 78.5 Å². The van der Waals surface area contributed by atoms with Crippen LogP contribution in [0, 0.1) is 0 Å². The molecule has 0 aromatic heterocycles. The van der Waals surface area contributed by atoms with Crippen LogP contribution in [0.4, 0.5) is 5.69 Å². The van der Waals surface area contributed by atoms with Gasteiger partial charge in [-0.3, -0.25) is 14.4 Å². The van der Waals surface area contributed by atoms with Crippen molar-refractivity contribution in [3.05, 3.63) is 29.8 Å². The maximum atomic E-state index is 11.7. The summed E-state index contributed by atoms with van der Waals surface area (Å²) >= 11 is 0. The molecule has 6 nitrogen and oxygen atoms in total. The van der Waals surface area contributed by atoms with Gasteiger partial charge in [-0.2, -0.15) is 0 Å². The number of piperazine rings is 1. The van der Waals surface area contributed by atoms with Crippen molar-refractivity contribution in [3.63, 3.8) is 0 Å². The maximum Gasteiger partial charge on any atom is 0.246 e. The first-order valence-electron chi connectivity index (χ1n) is 5.96. The highest BCUT2D eigenvalue weighted by Gasteiger charge is 2.24. The number of nitrogens with one attached hydrogen (secondary N) is 2. The zero-order valence-electron chi connectivity index (χ0n) is 10.6. The summed E-state index contributed by atoms with van der Waals surface area (Å²) in [7, 11) is 1.71. The van der Waals surface area contributed by atoms with Crippen molar-refractivity contribution in [3.8, 4) is 0 Å². The molecule has 6 heteroatoms. The summed E-state index contributed by atoms with van der Waals surface area (Å²) in [6.45, 7) is 0.298. The third kappa shape index (κ3) is 2.97. The minimum Gasteiger partial charge on any atom is -0.345 e. The Hall–Kier alpha value is -2.21. The van der Waals surface area contributed by atoms with Crippen molar-refractivity contribution >= 4 is 23.3 Å². The molecule has 1 aromatic rings. The van der Waals surface area contributed by atoms with Gasteiger partial charge in [-0.05, 0) is 31.3 Å². The number of hydrogen-bond acceptors (Lipinski definition) is 4. The number of hydrogen-bond donors (Lipinski definition) is 2. The van der Waals surface area contributed by atoms with Crippen LogP contribution < -0.4 is 15.5 Å². The molecule has 0 radical (unpaired) electrons. The van der Waals surface area contributed by atoms with E-state index in [4.69, 9.17) is 0 Å². The molecule has 19 heavy (non-hydrogen) atoms. The maximum absolute atomic E-state index is 11.7. The summed E-state index contributed by atoms with van der Waals surface area (Å²) in [6.07, 6.45) is 0. The van der Waals surface area contributed by atoms with Gasteiger partial charge < -0.3 is 15.5 Å². The van der Waals surface area contributed by atoms with Crippen molar-refractivity contribution in [2.75, 3.05) is 31.6 Å². The van der Waals surface area contributed by atoms with E-state index in [0.29, 0.717) is 11.3 Å². The zero-order valence-corrected chi connectivity index (χ0v) is 10.6. The first-order valence-corrected chi connectivity index (χ1v) is 5.96. The smallest absolute Gasteiger partial charge is 0.246 e. The molecule has 1 aliphatic rings. The minimum atomic E-state index is -0.185. The fourth-order valence-electron chi connectivity index (χ4n) is 1.88. The van der Waals surface area contributed by atoms with Crippen LogP contribution in [0.25, 0.3) is 0 Å². The van der Waals surface area contributed by atoms with Crippen molar-refractivity contribution in [1.29, 1.82) is 0 Å². The number of anilines is 1. The van der Waals surface area contributed by atoms with Gasteiger partial charge in [0.05, 0.1) is 13.1 Å². The minimum absolute atomic E-state index is 0.0132.